The number of anilines is 3. The molecule has 0 fully saturated rings. The van der Waals surface area contributed by atoms with Gasteiger partial charge in [0.05, 0.1) is 27.9 Å². The number of hydrogen-bond donors (Lipinski definition) is 2. The van der Waals surface area contributed by atoms with Crippen LogP contribution in [-0.4, -0.2) is 41.4 Å². The van der Waals surface area contributed by atoms with E-state index in [1.165, 1.54) is 0 Å². The summed E-state index contributed by atoms with van der Waals surface area (Å²) in [7, 11) is 1.55. The van der Waals surface area contributed by atoms with Gasteiger partial charge in [-0.05, 0) is 49.6 Å². The minimum Gasteiger partial charge on any atom is -0.447 e. The van der Waals surface area contributed by atoms with Crippen LogP contribution in [0.1, 0.15) is 36.9 Å². The predicted octanol–water partition coefficient (Wildman–Crippen LogP) is 5.36. The Morgan fingerprint density at radius 1 is 1.13 bits per heavy atom. The van der Waals surface area contributed by atoms with Crippen molar-refractivity contribution < 1.29 is 14.3 Å². The molecule has 9 heteroatoms. The second kappa shape index (κ2) is 10.8. The molecule has 1 unspecified atom stereocenters. The molecule has 0 saturated heterocycles. The molecule has 1 amide bonds. The van der Waals surface area contributed by atoms with Gasteiger partial charge in [0.1, 0.15) is 6.61 Å². The van der Waals surface area contributed by atoms with Crippen molar-refractivity contribution in [3.05, 3.63) is 47.2 Å². The van der Waals surface area contributed by atoms with Crippen molar-refractivity contribution in [3.63, 3.8) is 0 Å². The zero-order valence-electron chi connectivity index (χ0n) is 18.1. The Hall–Kier alpha value is -3.04. The van der Waals surface area contributed by atoms with E-state index in [1.807, 2.05) is 25.1 Å². The summed E-state index contributed by atoms with van der Waals surface area (Å²) < 4.78 is 9.84. The number of carbonyl (C=O) groups is 1. The number of ether oxygens (including phenoxy) is 2. The number of hydrogen-bond acceptors (Lipinski definition) is 8. The maximum absolute atomic E-state index is 11.7. The normalized spacial score (nSPS) is 11.7. The molecule has 3 rings (SSSR count). The van der Waals surface area contributed by atoms with E-state index in [0.29, 0.717) is 24.2 Å². The first-order valence-electron chi connectivity index (χ1n) is 10.1. The lowest BCUT2D eigenvalue weighted by molar-refractivity contribution is 0.107. The Morgan fingerprint density at radius 2 is 1.87 bits per heavy atom. The van der Waals surface area contributed by atoms with Crippen LogP contribution in [-0.2, 0) is 9.47 Å². The fourth-order valence-electron chi connectivity index (χ4n) is 2.84. The lowest BCUT2D eigenvalue weighted by Gasteiger charge is -2.10. The van der Waals surface area contributed by atoms with E-state index >= 15 is 0 Å². The standard InChI is InChI=1S/C22H27N5O3S/c1-5-14(2)19-20(31-15(3)24-19)18-10-11-23-21(27-18)25-16-6-8-17(9-7-16)26-22(28)30-13-12-29-4/h6-11,14H,5,12-13H2,1-4H3,(H,26,28)(H,23,25,27). The van der Waals surface area contributed by atoms with Crippen molar-refractivity contribution in [1.29, 1.82) is 0 Å². The number of nitrogens with one attached hydrogen (secondary N) is 2. The van der Waals surface area contributed by atoms with E-state index < -0.39 is 6.09 Å². The first-order valence-corrected chi connectivity index (χ1v) is 10.9. The average molecular weight is 442 g/mol. The maximum atomic E-state index is 11.7. The summed E-state index contributed by atoms with van der Waals surface area (Å²) in [5.74, 6) is 0.867. The van der Waals surface area contributed by atoms with E-state index in [-0.39, 0.29) is 6.61 Å². The van der Waals surface area contributed by atoms with Gasteiger partial charge in [-0.3, -0.25) is 5.32 Å². The van der Waals surface area contributed by atoms with E-state index in [4.69, 9.17) is 14.5 Å². The van der Waals surface area contributed by atoms with E-state index in [0.717, 1.165) is 33.4 Å². The van der Waals surface area contributed by atoms with Crippen molar-refractivity contribution in [2.24, 2.45) is 0 Å². The molecule has 0 radical (unpaired) electrons. The summed E-state index contributed by atoms with van der Waals surface area (Å²) in [6.07, 6.45) is 2.24. The molecule has 1 aromatic carbocycles. The summed E-state index contributed by atoms with van der Waals surface area (Å²) in [6, 6.07) is 9.13. The van der Waals surface area contributed by atoms with Crippen LogP contribution in [0.15, 0.2) is 36.5 Å². The van der Waals surface area contributed by atoms with Crippen LogP contribution in [0.3, 0.4) is 0 Å². The minimum atomic E-state index is -0.522. The summed E-state index contributed by atoms with van der Waals surface area (Å²) in [4.78, 5) is 26.5. The fraction of sp³-hybridized carbons (Fsp3) is 0.364. The topological polar surface area (TPSA) is 98.3 Å². The highest BCUT2D eigenvalue weighted by Crippen LogP contribution is 2.34. The lowest BCUT2D eigenvalue weighted by atomic mass is 10.0. The number of aromatic nitrogens is 3. The molecule has 0 bridgehead atoms. The quantitative estimate of drug-likeness (QED) is 0.431. The van der Waals surface area contributed by atoms with Crippen LogP contribution in [0.2, 0.25) is 0 Å². The van der Waals surface area contributed by atoms with Crippen molar-refractivity contribution in [1.82, 2.24) is 15.0 Å². The molecule has 0 spiro atoms. The van der Waals surface area contributed by atoms with Gasteiger partial charge in [-0.25, -0.2) is 19.7 Å². The van der Waals surface area contributed by atoms with E-state index in [9.17, 15) is 4.79 Å². The fourth-order valence-corrected chi connectivity index (χ4v) is 3.85. The van der Waals surface area contributed by atoms with Crippen molar-refractivity contribution in [2.75, 3.05) is 31.0 Å². The van der Waals surface area contributed by atoms with Gasteiger partial charge in [-0.15, -0.1) is 11.3 Å². The third-order valence-electron chi connectivity index (χ3n) is 4.64. The van der Waals surface area contributed by atoms with Gasteiger partial charge in [0.15, 0.2) is 0 Å². The van der Waals surface area contributed by atoms with Crippen LogP contribution in [0.25, 0.3) is 10.6 Å². The van der Waals surface area contributed by atoms with Crippen LogP contribution in [0.5, 0.6) is 0 Å². The molecular formula is C22H27N5O3S. The van der Waals surface area contributed by atoms with Crippen LogP contribution in [0, 0.1) is 6.92 Å². The molecule has 0 aliphatic heterocycles. The van der Waals surface area contributed by atoms with Gasteiger partial charge in [0.25, 0.3) is 0 Å². The highest BCUT2D eigenvalue weighted by atomic mass is 32.1. The number of rotatable bonds is 9. The SMILES string of the molecule is CCC(C)c1nc(C)sc1-c1ccnc(Nc2ccc(NC(=O)OCCOC)cc2)n1. The average Bonchev–Trinajstić information content (AvgIpc) is 3.17. The zero-order chi connectivity index (χ0) is 22.2. The molecule has 8 nitrogen and oxygen atoms in total. The number of thiazole rings is 1. The predicted molar refractivity (Wildman–Crippen MR) is 123 cm³/mol. The Morgan fingerprint density at radius 3 is 2.58 bits per heavy atom. The Kier molecular flexibility index (Phi) is 7.91. The van der Waals surface area contributed by atoms with E-state index in [2.05, 4.69) is 34.4 Å². The van der Waals surface area contributed by atoms with Gasteiger partial charge in [-0.2, -0.15) is 0 Å². The van der Waals surface area contributed by atoms with Crippen molar-refractivity contribution in [2.45, 2.75) is 33.1 Å². The molecule has 0 aliphatic carbocycles. The molecule has 164 valence electrons. The van der Waals surface area contributed by atoms with Crippen molar-refractivity contribution in [3.8, 4) is 10.6 Å². The van der Waals surface area contributed by atoms with Crippen LogP contribution >= 0.6 is 11.3 Å². The first kappa shape index (κ1) is 22.6. The molecule has 0 saturated carbocycles. The van der Waals surface area contributed by atoms with Gasteiger partial charge in [-0.1, -0.05) is 13.8 Å². The molecule has 31 heavy (non-hydrogen) atoms. The van der Waals surface area contributed by atoms with Crippen molar-refractivity contribution >= 4 is 34.8 Å². The molecule has 0 aliphatic rings. The third-order valence-corrected chi connectivity index (χ3v) is 5.64. The summed E-state index contributed by atoms with van der Waals surface area (Å²) in [5, 5.41) is 6.90. The molecule has 2 heterocycles. The number of amides is 1. The minimum absolute atomic E-state index is 0.202. The molecule has 2 aromatic heterocycles. The Bertz CT molecular complexity index is 1010. The zero-order valence-corrected chi connectivity index (χ0v) is 19.0. The molecule has 1 atom stereocenters. The highest BCUT2D eigenvalue weighted by Gasteiger charge is 2.17. The molecule has 3 aromatic rings. The summed E-state index contributed by atoms with van der Waals surface area (Å²) >= 11 is 1.65. The number of methoxy groups -OCH3 is 1. The third kappa shape index (κ3) is 6.22. The number of nitrogens with zero attached hydrogens (tertiary/aromatic N) is 3. The Balaban J connectivity index is 1.68. The molecule has 2 N–H and O–H groups in total. The second-order valence-corrected chi connectivity index (χ2v) is 8.18. The van der Waals surface area contributed by atoms with E-state index in [1.54, 1.807) is 36.8 Å². The lowest BCUT2D eigenvalue weighted by Crippen LogP contribution is -2.16. The largest absolute Gasteiger partial charge is 0.447 e. The van der Waals surface area contributed by atoms with Gasteiger partial charge in [0, 0.05) is 24.7 Å². The summed E-state index contributed by atoms with van der Waals surface area (Å²) in [6.45, 7) is 6.92. The number of carbonyl (C=O) groups excluding carboxylic acids is 1. The molecular weight excluding hydrogens is 414 g/mol. The van der Waals surface area contributed by atoms with Gasteiger partial charge >= 0.3 is 6.09 Å². The first-order chi connectivity index (χ1) is 15.0. The van der Waals surface area contributed by atoms with Gasteiger partial charge in [0.2, 0.25) is 5.95 Å². The van der Waals surface area contributed by atoms with Gasteiger partial charge < -0.3 is 14.8 Å². The maximum Gasteiger partial charge on any atom is 0.411 e. The monoisotopic (exact) mass is 441 g/mol. The second-order valence-electron chi connectivity index (χ2n) is 6.98. The van der Waals surface area contributed by atoms with Crippen LogP contribution < -0.4 is 10.6 Å². The van der Waals surface area contributed by atoms with Crippen LogP contribution in [0.4, 0.5) is 22.1 Å². The number of aryl methyl sites for hydroxylation is 1. The highest BCUT2D eigenvalue weighted by molar-refractivity contribution is 7.15. The smallest absolute Gasteiger partial charge is 0.411 e. The number of benzene rings is 1. The summed E-state index contributed by atoms with van der Waals surface area (Å²) in [5.41, 5.74) is 3.37. The Labute approximate surface area is 186 Å².